The first-order valence-corrected chi connectivity index (χ1v) is 7.75. The predicted molar refractivity (Wildman–Crippen MR) is 86.8 cm³/mol. The summed E-state index contributed by atoms with van der Waals surface area (Å²) in [5.41, 5.74) is 0. The van der Waals surface area contributed by atoms with E-state index in [4.69, 9.17) is 0 Å². The highest BCUT2D eigenvalue weighted by Crippen LogP contribution is 1.90. The molecular weight excluding hydrogens is 316 g/mol. The molecule has 0 rings (SSSR count). The van der Waals surface area contributed by atoms with Crippen molar-refractivity contribution in [2.75, 3.05) is 26.3 Å². The molecule has 0 saturated heterocycles. The number of rotatable bonds is 10. The zero-order valence-corrected chi connectivity index (χ0v) is 14.6. The van der Waals surface area contributed by atoms with E-state index in [2.05, 4.69) is 20.1 Å². The van der Waals surface area contributed by atoms with Crippen molar-refractivity contribution in [3.63, 3.8) is 0 Å². The molecule has 0 atom stereocenters. The Labute approximate surface area is 141 Å². The SMILES string of the molecule is CC(C)CNC(=O)COC(=O)/C=C/C(=O)OCC(=O)NCC(C)C. The monoisotopic (exact) mass is 342 g/mol. The number of carbonyl (C=O) groups excluding carboxylic acids is 4. The van der Waals surface area contributed by atoms with Gasteiger partial charge in [0.1, 0.15) is 0 Å². The van der Waals surface area contributed by atoms with Crippen LogP contribution in [0.4, 0.5) is 0 Å². The van der Waals surface area contributed by atoms with Gasteiger partial charge in [0.05, 0.1) is 0 Å². The average molecular weight is 342 g/mol. The molecule has 0 aliphatic carbocycles. The van der Waals surface area contributed by atoms with Crippen LogP contribution < -0.4 is 10.6 Å². The summed E-state index contributed by atoms with van der Waals surface area (Å²) < 4.78 is 9.30. The van der Waals surface area contributed by atoms with E-state index in [1.165, 1.54) is 0 Å². The quantitative estimate of drug-likeness (QED) is 0.433. The summed E-state index contributed by atoms with van der Waals surface area (Å²) in [5, 5.41) is 5.16. The summed E-state index contributed by atoms with van der Waals surface area (Å²) in [5.74, 6) is -1.97. The average Bonchev–Trinajstić information content (AvgIpc) is 2.52. The van der Waals surface area contributed by atoms with Crippen LogP contribution in [0.2, 0.25) is 0 Å². The molecule has 0 saturated carbocycles. The second-order valence-electron chi connectivity index (χ2n) is 5.94. The predicted octanol–water partition coefficient (Wildman–Crippen LogP) is 0.173. The summed E-state index contributed by atoms with van der Waals surface area (Å²) >= 11 is 0. The van der Waals surface area contributed by atoms with E-state index in [-0.39, 0.29) is 11.8 Å². The zero-order chi connectivity index (χ0) is 18.5. The Balaban J connectivity index is 3.94. The van der Waals surface area contributed by atoms with E-state index in [9.17, 15) is 19.2 Å². The summed E-state index contributed by atoms with van der Waals surface area (Å²) in [6.45, 7) is 7.85. The Morgan fingerprint density at radius 2 is 1.08 bits per heavy atom. The molecule has 0 aromatic rings. The summed E-state index contributed by atoms with van der Waals surface area (Å²) in [6, 6.07) is 0. The molecule has 24 heavy (non-hydrogen) atoms. The number of hydrogen-bond donors (Lipinski definition) is 2. The molecule has 0 heterocycles. The summed E-state index contributed by atoms with van der Waals surface area (Å²) in [6.07, 6.45) is 1.67. The third-order valence-electron chi connectivity index (χ3n) is 2.46. The maximum atomic E-state index is 11.3. The van der Waals surface area contributed by atoms with E-state index < -0.39 is 37.0 Å². The summed E-state index contributed by atoms with van der Waals surface area (Å²) in [7, 11) is 0. The van der Waals surface area contributed by atoms with Gasteiger partial charge in [0.25, 0.3) is 11.8 Å². The van der Waals surface area contributed by atoms with Crippen molar-refractivity contribution in [2.24, 2.45) is 11.8 Å². The molecule has 0 aromatic heterocycles. The van der Waals surface area contributed by atoms with Crippen LogP contribution in [0.25, 0.3) is 0 Å². The van der Waals surface area contributed by atoms with Gasteiger partial charge in [-0.15, -0.1) is 0 Å². The van der Waals surface area contributed by atoms with Crippen LogP contribution in [-0.4, -0.2) is 50.1 Å². The van der Waals surface area contributed by atoms with Crippen LogP contribution in [0.5, 0.6) is 0 Å². The second kappa shape index (κ2) is 12.1. The van der Waals surface area contributed by atoms with Gasteiger partial charge in [0.15, 0.2) is 13.2 Å². The molecule has 0 radical (unpaired) electrons. The molecule has 136 valence electrons. The number of amides is 2. The standard InChI is InChI=1S/C16H26N2O6/c1-11(2)7-17-13(19)9-23-15(21)5-6-16(22)24-10-14(20)18-8-12(3)4/h5-6,11-12H,7-10H2,1-4H3,(H,17,19)(H,18,20)/b6-5+. The minimum absolute atomic E-state index is 0.289. The van der Waals surface area contributed by atoms with Gasteiger partial charge in [-0.1, -0.05) is 27.7 Å². The number of hydrogen-bond acceptors (Lipinski definition) is 6. The highest BCUT2D eigenvalue weighted by molar-refractivity contribution is 5.93. The zero-order valence-electron chi connectivity index (χ0n) is 14.6. The van der Waals surface area contributed by atoms with Gasteiger partial charge in [-0.3, -0.25) is 9.59 Å². The Hall–Kier alpha value is -2.38. The molecule has 0 unspecified atom stereocenters. The lowest BCUT2D eigenvalue weighted by molar-refractivity contribution is -0.145. The second-order valence-corrected chi connectivity index (χ2v) is 5.94. The molecule has 2 amide bonds. The van der Waals surface area contributed by atoms with Crippen LogP contribution in [-0.2, 0) is 28.7 Å². The van der Waals surface area contributed by atoms with Gasteiger partial charge in [-0.2, -0.15) is 0 Å². The third-order valence-corrected chi connectivity index (χ3v) is 2.46. The van der Waals surface area contributed by atoms with Gasteiger partial charge in [0.2, 0.25) is 0 Å². The van der Waals surface area contributed by atoms with E-state index >= 15 is 0 Å². The van der Waals surface area contributed by atoms with E-state index in [0.717, 1.165) is 12.2 Å². The molecule has 0 aliphatic rings. The molecule has 2 N–H and O–H groups in total. The molecule has 0 spiro atoms. The topological polar surface area (TPSA) is 111 Å². The minimum atomic E-state index is -0.851. The van der Waals surface area contributed by atoms with E-state index in [1.54, 1.807) is 0 Å². The first-order chi connectivity index (χ1) is 11.2. The summed E-state index contributed by atoms with van der Waals surface area (Å²) in [4.78, 5) is 45.3. The van der Waals surface area contributed by atoms with Gasteiger partial charge in [-0.25, -0.2) is 9.59 Å². The highest BCUT2D eigenvalue weighted by Gasteiger charge is 2.08. The molecular formula is C16H26N2O6. The Bertz CT molecular complexity index is 429. The Morgan fingerprint density at radius 1 is 0.750 bits per heavy atom. The molecule has 8 nitrogen and oxygen atoms in total. The fraction of sp³-hybridized carbons (Fsp3) is 0.625. The van der Waals surface area contributed by atoms with E-state index in [0.29, 0.717) is 13.1 Å². The van der Waals surface area contributed by atoms with E-state index in [1.807, 2.05) is 27.7 Å². The van der Waals surface area contributed by atoms with Gasteiger partial charge < -0.3 is 20.1 Å². The van der Waals surface area contributed by atoms with Crippen LogP contribution >= 0.6 is 0 Å². The Morgan fingerprint density at radius 3 is 1.38 bits per heavy atom. The van der Waals surface area contributed by atoms with Crippen LogP contribution in [0.1, 0.15) is 27.7 Å². The van der Waals surface area contributed by atoms with Gasteiger partial charge in [0, 0.05) is 25.2 Å². The van der Waals surface area contributed by atoms with Gasteiger partial charge in [-0.05, 0) is 11.8 Å². The molecule has 0 aliphatic heterocycles. The van der Waals surface area contributed by atoms with Crippen molar-refractivity contribution in [2.45, 2.75) is 27.7 Å². The lowest BCUT2D eigenvalue weighted by Crippen LogP contribution is -2.31. The smallest absolute Gasteiger partial charge is 0.331 e. The maximum absolute atomic E-state index is 11.3. The first kappa shape index (κ1) is 21.6. The maximum Gasteiger partial charge on any atom is 0.331 e. The number of ether oxygens (including phenoxy) is 2. The van der Waals surface area contributed by atoms with Gasteiger partial charge >= 0.3 is 11.9 Å². The van der Waals surface area contributed by atoms with Crippen LogP contribution in [0.3, 0.4) is 0 Å². The number of esters is 2. The van der Waals surface area contributed by atoms with Crippen molar-refractivity contribution in [3.05, 3.63) is 12.2 Å². The Kier molecular flexibility index (Phi) is 10.9. The van der Waals surface area contributed by atoms with Crippen molar-refractivity contribution in [3.8, 4) is 0 Å². The van der Waals surface area contributed by atoms with Crippen molar-refractivity contribution in [1.29, 1.82) is 0 Å². The number of carbonyl (C=O) groups is 4. The molecule has 0 fully saturated rings. The third kappa shape index (κ3) is 13.3. The van der Waals surface area contributed by atoms with Crippen molar-refractivity contribution >= 4 is 23.8 Å². The molecule has 0 bridgehead atoms. The van der Waals surface area contributed by atoms with Crippen LogP contribution in [0, 0.1) is 11.8 Å². The lowest BCUT2D eigenvalue weighted by atomic mass is 10.2. The fourth-order valence-corrected chi connectivity index (χ4v) is 1.24. The highest BCUT2D eigenvalue weighted by atomic mass is 16.5. The first-order valence-electron chi connectivity index (χ1n) is 7.75. The van der Waals surface area contributed by atoms with Crippen LogP contribution in [0.15, 0.2) is 12.2 Å². The van der Waals surface area contributed by atoms with Crippen molar-refractivity contribution < 1.29 is 28.7 Å². The lowest BCUT2D eigenvalue weighted by Gasteiger charge is -2.07. The minimum Gasteiger partial charge on any atom is -0.452 e. The van der Waals surface area contributed by atoms with Crippen molar-refractivity contribution in [1.82, 2.24) is 10.6 Å². The largest absolute Gasteiger partial charge is 0.452 e. The number of nitrogens with one attached hydrogen (secondary N) is 2. The normalized spacial score (nSPS) is 10.8. The fourth-order valence-electron chi connectivity index (χ4n) is 1.24. The molecule has 8 heteroatoms. The molecule has 0 aromatic carbocycles.